The van der Waals surface area contributed by atoms with Crippen LogP contribution >= 0.6 is 23.1 Å². The Hall–Kier alpha value is -1.67. The average Bonchev–Trinajstić information content (AvgIpc) is 2.98. The molecule has 1 aliphatic heterocycles. The number of anilines is 1. The number of aryl methyl sites for hydroxylation is 2. The predicted molar refractivity (Wildman–Crippen MR) is 78.8 cm³/mol. The Morgan fingerprint density at radius 2 is 2.25 bits per heavy atom. The fraction of sp³-hybridized carbons (Fsp3) is 0.333. The van der Waals surface area contributed by atoms with Gasteiger partial charge in [-0.2, -0.15) is 0 Å². The monoisotopic (exact) mass is 308 g/mol. The van der Waals surface area contributed by atoms with Crippen LogP contribution in [-0.2, 0) is 6.54 Å². The van der Waals surface area contributed by atoms with Crippen molar-refractivity contribution >= 4 is 34.1 Å². The predicted octanol–water partition coefficient (Wildman–Crippen LogP) is 1.67. The summed E-state index contributed by atoms with van der Waals surface area (Å²) in [5.41, 5.74) is 0.648. The summed E-state index contributed by atoms with van der Waals surface area (Å²) in [5, 5.41) is 3.84. The summed E-state index contributed by atoms with van der Waals surface area (Å²) in [5.74, 6) is 0.363. The summed E-state index contributed by atoms with van der Waals surface area (Å²) < 4.78 is 1.54. The SMILES string of the molecule is Cc1nc(NC(=O)c2cnc3n(c2=O)CCS3)sc1C. The number of aromatic nitrogens is 3. The summed E-state index contributed by atoms with van der Waals surface area (Å²) in [7, 11) is 0. The van der Waals surface area contributed by atoms with Crippen molar-refractivity contribution in [1.29, 1.82) is 0 Å². The lowest BCUT2D eigenvalue weighted by molar-refractivity contribution is 0.102. The van der Waals surface area contributed by atoms with Crippen molar-refractivity contribution in [2.75, 3.05) is 11.1 Å². The minimum Gasteiger partial charge on any atom is -0.298 e. The molecule has 0 saturated carbocycles. The van der Waals surface area contributed by atoms with Gasteiger partial charge in [0.05, 0.1) is 5.69 Å². The summed E-state index contributed by atoms with van der Waals surface area (Å²) >= 11 is 2.91. The number of nitrogens with zero attached hydrogens (tertiary/aromatic N) is 3. The third-order valence-corrected chi connectivity index (χ3v) is 5.01. The van der Waals surface area contributed by atoms with Gasteiger partial charge in [0.1, 0.15) is 5.56 Å². The van der Waals surface area contributed by atoms with Crippen LogP contribution in [-0.4, -0.2) is 26.2 Å². The molecular formula is C12H12N4O2S2. The highest BCUT2D eigenvalue weighted by Crippen LogP contribution is 2.22. The Morgan fingerprint density at radius 1 is 1.45 bits per heavy atom. The van der Waals surface area contributed by atoms with Crippen LogP contribution in [0.2, 0.25) is 0 Å². The van der Waals surface area contributed by atoms with Gasteiger partial charge in [-0.05, 0) is 13.8 Å². The lowest BCUT2D eigenvalue weighted by Crippen LogP contribution is -2.29. The van der Waals surface area contributed by atoms with Crippen LogP contribution in [0.1, 0.15) is 20.9 Å². The van der Waals surface area contributed by atoms with Gasteiger partial charge in [0.25, 0.3) is 11.5 Å². The van der Waals surface area contributed by atoms with E-state index < -0.39 is 5.91 Å². The van der Waals surface area contributed by atoms with Gasteiger partial charge in [-0.15, -0.1) is 11.3 Å². The molecule has 3 heterocycles. The summed E-state index contributed by atoms with van der Waals surface area (Å²) in [6.45, 7) is 4.42. The second kappa shape index (κ2) is 5.02. The van der Waals surface area contributed by atoms with E-state index in [4.69, 9.17) is 0 Å². The summed E-state index contributed by atoms with van der Waals surface area (Å²) in [6, 6.07) is 0. The molecule has 104 valence electrons. The number of amides is 1. The number of thiazole rings is 1. The molecule has 20 heavy (non-hydrogen) atoms. The fourth-order valence-corrected chi connectivity index (χ4v) is 3.59. The van der Waals surface area contributed by atoms with Crippen molar-refractivity contribution in [1.82, 2.24) is 14.5 Å². The highest BCUT2D eigenvalue weighted by atomic mass is 32.2. The first-order chi connectivity index (χ1) is 9.56. The molecule has 8 heteroatoms. The molecule has 1 amide bonds. The van der Waals surface area contributed by atoms with Gasteiger partial charge >= 0.3 is 0 Å². The lowest BCUT2D eigenvalue weighted by atomic mass is 10.3. The van der Waals surface area contributed by atoms with E-state index >= 15 is 0 Å². The maximum atomic E-state index is 12.2. The largest absolute Gasteiger partial charge is 0.298 e. The molecule has 0 bridgehead atoms. The quantitative estimate of drug-likeness (QED) is 0.854. The number of carbonyl (C=O) groups excluding carboxylic acids is 1. The summed E-state index contributed by atoms with van der Waals surface area (Å²) in [4.78, 5) is 33.8. The molecule has 0 aromatic carbocycles. The van der Waals surface area contributed by atoms with Crippen LogP contribution in [0.5, 0.6) is 0 Å². The molecule has 0 fully saturated rings. The molecule has 2 aromatic heterocycles. The topological polar surface area (TPSA) is 76.9 Å². The van der Waals surface area contributed by atoms with Crippen molar-refractivity contribution in [3.8, 4) is 0 Å². The van der Waals surface area contributed by atoms with E-state index in [-0.39, 0.29) is 11.1 Å². The first-order valence-corrected chi connectivity index (χ1v) is 7.84. The van der Waals surface area contributed by atoms with Gasteiger partial charge in [-0.3, -0.25) is 19.5 Å². The normalized spacial score (nSPS) is 13.3. The number of nitrogens with one attached hydrogen (secondary N) is 1. The zero-order chi connectivity index (χ0) is 14.3. The molecule has 0 spiro atoms. The van der Waals surface area contributed by atoms with Crippen LogP contribution in [0.25, 0.3) is 0 Å². The number of hydrogen-bond acceptors (Lipinski definition) is 6. The molecule has 0 atom stereocenters. The Labute approximate surface area is 123 Å². The molecule has 3 rings (SSSR count). The zero-order valence-corrected chi connectivity index (χ0v) is 12.6. The zero-order valence-electron chi connectivity index (χ0n) is 11.0. The van der Waals surface area contributed by atoms with E-state index in [2.05, 4.69) is 15.3 Å². The molecule has 1 aliphatic rings. The smallest absolute Gasteiger partial charge is 0.267 e. The first-order valence-electron chi connectivity index (χ1n) is 6.04. The van der Waals surface area contributed by atoms with E-state index in [0.717, 1.165) is 16.3 Å². The highest BCUT2D eigenvalue weighted by molar-refractivity contribution is 7.99. The van der Waals surface area contributed by atoms with Gasteiger partial charge in [-0.25, -0.2) is 9.97 Å². The van der Waals surface area contributed by atoms with Crippen molar-refractivity contribution in [3.05, 3.63) is 32.7 Å². The Morgan fingerprint density at radius 3 is 2.95 bits per heavy atom. The van der Waals surface area contributed by atoms with Gasteiger partial charge in [0.2, 0.25) is 0 Å². The second-order valence-electron chi connectivity index (χ2n) is 4.37. The molecule has 6 nitrogen and oxygen atoms in total. The van der Waals surface area contributed by atoms with Gasteiger partial charge in [-0.1, -0.05) is 11.8 Å². The Bertz CT molecular complexity index is 731. The van der Waals surface area contributed by atoms with Crippen LogP contribution in [0.15, 0.2) is 16.1 Å². The lowest BCUT2D eigenvalue weighted by Gasteiger charge is -2.04. The van der Waals surface area contributed by atoms with Crippen molar-refractivity contribution in [2.24, 2.45) is 0 Å². The number of hydrogen-bond donors (Lipinski definition) is 1. The van der Waals surface area contributed by atoms with Gasteiger partial charge < -0.3 is 0 Å². The van der Waals surface area contributed by atoms with Crippen LogP contribution in [0.4, 0.5) is 5.13 Å². The number of fused-ring (bicyclic) bond motifs is 1. The summed E-state index contributed by atoms with van der Waals surface area (Å²) in [6.07, 6.45) is 1.34. The Balaban J connectivity index is 1.90. The highest BCUT2D eigenvalue weighted by Gasteiger charge is 2.20. The van der Waals surface area contributed by atoms with Crippen molar-refractivity contribution in [2.45, 2.75) is 25.5 Å². The molecule has 0 radical (unpaired) electrons. The first kappa shape index (κ1) is 13.3. The maximum Gasteiger partial charge on any atom is 0.267 e. The molecular weight excluding hydrogens is 296 g/mol. The van der Waals surface area contributed by atoms with Crippen LogP contribution in [0.3, 0.4) is 0 Å². The molecule has 2 aromatic rings. The minimum absolute atomic E-state index is 0.0572. The average molecular weight is 308 g/mol. The van der Waals surface area contributed by atoms with E-state index in [1.807, 2.05) is 13.8 Å². The van der Waals surface area contributed by atoms with Crippen LogP contribution < -0.4 is 10.9 Å². The van der Waals surface area contributed by atoms with Gasteiger partial charge in [0.15, 0.2) is 10.3 Å². The van der Waals surface area contributed by atoms with Crippen molar-refractivity contribution in [3.63, 3.8) is 0 Å². The standard InChI is InChI=1S/C12H12N4O2S2/c1-6-7(2)20-11(14-6)15-9(17)8-5-13-12-16(10(8)18)3-4-19-12/h5H,3-4H2,1-2H3,(H,14,15,17). The van der Waals surface area contributed by atoms with E-state index in [1.54, 1.807) is 0 Å². The number of thioether (sulfide) groups is 1. The third-order valence-electron chi connectivity index (χ3n) is 3.05. The second-order valence-corrected chi connectivity index (χ2v) is 6.64. The van der Waals surface area contributed by atoms with Crippen LogP contribution in [0, 0.1) is 13.8 Å². The minimum atomic E-state index is -0.455. The maximum absolute atomic E-state index is 12.2. The molecule has 0 unspecified atom stereocenters. The van der Waals surface area contributed by atoms with Crippen molar-refractivity contribution < 1.29 is 4.79 Å². The van der Waals surface area contributed by atoms with Gasteiger partial charge in [0, 0.05) is 23.4 Å². The van der Waals surface area contributed by atoms with E-state index in [0.29, 0.717) is 16.8 Å². The third kappa shape index (κ3) is 2.25. The molecule has 0 saturated heterocycles. The molecule has 0 aliphatic carbocycles. The van der Waals surface area contributed by atoms with E-state index in [1.165, 1.54) is 33.9 Å². The number of carbonyl (C=O) groups is 1. The van der Waals surface area contributed by atoms with E-state index in [9.17, 15) is 9.59 Å². The Kier molecular flexibility index (Phi) is 3.35. The fourth-order valence-electron chi connectivity index (χ4n) is 1.86. The molecule has 1 N–H and O–H groups in total. The number of rotatable bonds is 2.